The molecule has 1 fully saturated rings. The zero-order valence-corrected chi connectivity index (χ0v) is 10.9. The molecule has 1 saturated carbocycles. The summed E-state index contributed by atoms with van der Waals surface area (Å²) in [6.45, 7) is 0. The summed E-state index contributed by atoms with van der Waals surface area (Å²) in [5, 5.41) is 0. The Labute approximate surface area is 111 Å². The van der Waals surface area contributed by atoms with E-state index in [1.54, 1.807) is 24.3 Å². The monoisotopic (exact) mass is 264 g/mol. The molecule has 0 aromatic carbocycles. The first-order valence-corrected chi connectivity index (χ1v) is 6.12. The second-order valence-electron chi connectivity index (χ2n) is 4.77. The molecule has 19 heavy (non-hydrogen) atoms. The number of fused-ring (bicyclic) bond motifs is 1. The molecule has 0 saturated heterocycles. The average molecular weight is 264 g/mol. The lowest BCUT2D eigenvalue weighted by Crippen LogP contribution is -2.50. The lowest BCUT2D eigenvalue weighted by molar-refractivity contribution is -0.163. The smallest absolute Gasteiger partial charge is 0.316 e. The first-order chi connectivity index (χ1) is 9.06. The van der Waals surface area contributed by atoms with Gasteiger partial charge in [-0.25, -0.2) is 0 Å². The number of esters is 2. The van der Waals surface area contributed by atoms with Gasteiger partial charge in [-0.05, 0) is 6.42 Å². The second-order valence-corrected chi connectivity index (χ2v) is 4.77. The van der Waals surface area contributed by atoms with Crippen molar-refractivity contribution >= 4 is 17.7 Å². The normalized spacial score (nSPS) is 32.6. The van der Waals surface area contributed by atoms with Gasteiger partial charge in [-0.2, -0.15) is 0 Å². The van der Waals surface area contributed by atoms with E-state index in [1.807, 2.05) is 0 Å². The summed E-state index contributed by atoms with van der Waals surface area (Å²) in [6, 6.07) is 0. The Morgan fingerprint density at radius 1 is 1.26 bits per heavy atom. The summed E-state index contributed by atoms with van der Waals surface area (Å²) in [7, 11) is 2.55. The van der Waals surface area contributed by atoms with Gasteiger partial charge in [0.05, 0.1) is 19.6 Å². The van der Waals surface area contributed by atoms with E-state index in [4.69, 9.17) is 9.47 Å². The van der Waals surface area contributed by atoms with Crippen LogP contribution >= 0.6 is 0 Å². The van der Waals surface area contributed by atoms with Gasteiger partial charge in [0.1, 0.15) is 11.7 Å². The van der Waals surface area contributed by atoms with Crippen molar-refractivity contribution < 1.29 is 23.9 Å². The fourth-order valence-corrected chi connectivity index (χ4v) is 2.94. The number of Topliss-reactive ketones (excluding diaryl/α,β-unsaturated/α-hetero) is 1. The van der Waals surface area contributed by atoms with E-state index in [9.17, 15) is 14.4 Å². The fourth-order valence-electron chi connectivity index (χ4n) is 2.94. The van der Waals surface area contributed by atoms with Gasteiger partial charge in [-0.15, -0.1) is 0 Å². The van der Waals surface area contributed by atoms with Crippen LogP contribution in [0, 0.1) is 17.3 Å². The molecule has 2 rings (SSSR count). The molecule has 2 aliphatic rings. The Balaban J connectivity index is 2.45. The second kappa shape index (κ2) is 4.99. The highest BCUT2D eigenvalue weighted by Crippen LogP contribution is 2.47. The fraction of sp³-hybridized carbons (Fsp3) is 0.500. The van der Waals surface area contributed by atoms with Gasteiger partial charge in [-0.1, -0.05) is 24.3 Å². The van der Waals surface area contributed by atoms with Gasteiger partial charge in [0.2, 0.25) is 0 Å². The minimum atomic E-state index is -0.934. The van der Waals surface area contributed by atoms with Crippen LogP contribution in [0.4, 0.5) is 0 Å². The molecule has 0 spiro atoms. The minimum Gasteiger partial charge on any atom is -0.468 e. The first kappa shape index (κ1) is 13.5. The van der Waals surface area contributed by atoms with Gasteiger partial charge in [-0.3, -0.25) is 14.4 Å². The molecule has 0 heterocycles. The maximum absolute atomic E-state index is 12.1. The van der Waals surface area contributed by atoms with Gasteiger partial charge >= 0.3 is 11.9 Å². The number of carbonyl (C=O) groups is 3. The molecule has 0 radical (unpaired) electrons. The molecule has 0 amide bonds. The van der Waals surface area contributed by atoms with Gasteiger partial charge in [0.15, 0.2) is 0 Å². The third kappa shape index (κ3) is 1.99. The average Bonchev–Trinajstić information content (AvgIpc) is 2.45. The zero-order valence-electron chi connectivity index (χ0n) is 10.9. The number of hydrogen-bond acceptors (Lipinski definition) is 5. The largest absolute Gasteiger partial charge is 0.468 e. The van der Waals surface area contributed by atoms with Crippen molar-refractivity contribution in [2.24, 2.45) is 17.3 Å². The molecule has 2 aliphatic carbocycles. The molecule has 0 N–H and O–H groups in total. The molecule has 0 aliphatic heterocycles. The minimum absolute atomic E-state index is 0.170. The van der Waals surface area contributed by atoms with Crippen molar-refractivity contribution in [2.45, 2.75) is 12.8 Å². The maximum Gasteiger partial charge on any atom is 0.316 e. The molecule has 3 atom stereocenters. The van der Waals surface area contributed by atoms with Crippen LogP contribution < -0.4 is 0 Å². The summed E-state index contributed by atoms with van der Waals surface area (Å²) in [4.78, 5) is 35.9. The molecule has 0 bridgehead atoms. The van der Waals surface area contributed by atoms with Crippen molar-refractivity contribution in [1.82, 2.24) is 0 Å². The lowest BCUT2D eigenvalue weighted by Gasteiger charge is -2.42. The van der Waals surface area contributed by atoms with Crippen molar-refractivity contribution in [3.63, 3.8) is 0 Å². The van der Waals surface area contributed by atoms with Crippen molar-refractivity contribution in [3.8, 4) is 0 Å². The van der Waals surface area contributed by atoms with E-state index in [-0.39, 0.29) is 12.2 Å². The molecule has 102 valence electrons. The van der Waals surface area contributed by atoms with Crippen molar-refractivity contribution in [2.75, 3.05) is 14.2 Å². The Hall–Kier alpha value is -1.91. The summed E-state index contributed by atoms with van der Waals surface area (Å²) in [5.74, 6) is -2.66. The van der Waals surface area contributed by atoms with Gasteiger partial charge in [0, 0.05) is 12.3 Å². The molecule has 1 unspecified atom stereocenters. The standard InChI is InChI=1S/C14H16O5/c1-18-12(16)11-9-5-3-4-7-14(9,13(17)19-2)8-6-10(11)15/h3-5,7,9,11H,6,8H2,1-2H3/t9-,11?,14-/m1/s1. The number of allylic oxidation sites excluding steroid dienone is 3. The summed E-state index contributed by atoms with van der Waals surface area (Å²) < 4.78 is 9.56. The van der Waals surface area contributed by atoms with E-state index in [0.717, 1.165) is 0 Å². The third-order valence-electron chi connectivity index (χ3n) is 3.93. The van der Waals surface area contributed by atoms with Crippen molar-refractivity contribution in [1.29, 1.82) is 0 Å². The molecule has 5 heteroatoms. The number of ketones is 1. The Kier molecular flexibility index (Phi) is 3.55. The summed E-state index contributed by atoms with van der Waals surface area (Å²) in [6.07, 6.45) is 7.46. The highest BCUT2D eigenvalue weighted by atomic mass is 16.5. The quantitative estimate of drug-likeness (QED) is 0.550. The van der Waals surface area contributed by atoms with Crippen LogP contribution in [-0.4, -0.2) is 31.9 Å². The van der Waals surface area contributed by atoms with Crippen LogP contribution in [0.1, 0.15) is 12.8 Å². The van der Waals surface area contributed by atoms with E-state index in [2.05, 4.69) is 0 Å². The topological polar surface area (TPSA) is 69.7 Å². The molecular weight excluding hydrogens is 248 g/mol. The van der Waals surface area contributed by atoms with Gasteiger partial charge in [0.25, 0.3) is 0 Å². The molecule has 0 aromatic rings. The number of carbonyl (C=O) groups excluding carboxylic acids is 3. The maximum atomic E-state index is 12.1. The van der Waals surface area contributed by atoms with Crippen LogP contribution in [-0.2, 0) is 23.9 Å². The van der Waals surface area contributed by atoms with Crippen molar-refractivity contribution in [3.05, 3.63) is 24.3 Å². The number of rotatable bonds is 2. The van der Waals surface area contributed by atoms with Crippen LogP contribution in [0.2, 0.25) is 0 Å². The Morgan fingerprint density at radius 3 is 2.63 bits per heavy atom. The molecule has 0 aromatic heterocycles. The predicted molar refractivity (Wildman–Crippen MR) is 66.0 cm³/mol. The SMILES string of the molecule is COC(=O)C1C(=O)CC[C@]2(C(=O)OC)C=CC=C[C@H]12. The zero-order chi connectivity index (χ0) is 14.0. The highest BCUT2D eigenvalue weighted by Gasteiger charge is 2.55. The Morgan fingerprint density at radius 2 is 2.00 bits per heavy atom. The first-order valence-electron chi connectivity index (χ1n) is 6.12. The lowest BCUT2D eigenvalue weighted by atomic mass is 9.59. The van der Waals surface area contributed by atoms with E-state index < -0.39 is 29.2 Å². The number of methoxy groups -OCH3 is 2. The third-order valence-corrected chi connectivity index (χ3v) is 3.93. The van der Waals surface area contributed by atoms with Crippen LogP contribution in [0.15, 0.2) is 24.3 Å². The molecular formula is C14H16O5. The van der Waals surface area contributed by atoms with Gasteiger partial charge < -0.3 is 9.47 Å². The number of hydrogen-bond donors (Lipinski definition) is 0. The van der Waals surface area contributed by atoms with E-state index in [0.29, 0.717) is 6.42 Å². The highest BCUT2D eigenvalue weighted by molar-refractivity contribution is 6.02. The predicted octanol–water partition coefficient (Wildman–Crippen LogP) is 1.04. The summed E-state index contributed by atoms with van der Waals surface area (Å²) in [5.41, 5.74) is -0.934. The van der Waals surface area contributed by atoms with Crippen LogP contribution in [0.25, 0.3) is 0 Å². The van der Waals surface area contributed by atoms with Crippen LogP contribution in [0.3, 0.4) is 0 Å². The molecule has 5 nitrogen and oxygen atoms in total. The van der Waals surface area contributed by atoms with E-state index >= 15 is 0 Å². The number of ether oxygens (including phenoxy) is 2. The van der Waals surface area contributed by atoms with Crippen LogP contribution in [0.5, 0.6) is 0 Å². The summed E-state index contributed by atoms with van der Waals surface area (Å²) >= 11 is 0. The van der Waals surface area contributed by atoms with E-state index in [1.165, 1.54) is 14.2 Å². The Bertz CT molecular complexity index is 468.